The van der Waals surface area contributed by atoms with Gasteiger partial charge in [0.15, 0.2) is 0 Å². The molecular weight excluding hydrogens is 1540 g/mol. The van der Waals surface area contributed by atoms with Gasteiger partial charge in [-0.15, -0.1) is 24.7 Å². The molecule has 0 bridgehead atoms. The van der Waals surface area contributed by atoms with Gasteiger partial charge in [0.25, 0.3) is 16.7 Å². The van der Waals surface area contributed by atoms with Gasteiger partial charge in [-0.3, -0.25) is 37.7 Å². The molecule has 5 saturated heterocycles. The van der Waals surface area contributed by atoms with E-state index in [1.165, 1.54) is 16.7 Å². The molecule has 12 aliphatic rings. The summed E-state index contributed by atoms with van der Waals surface area (Å²) in [5.74, 6) is 9.63. The summed E-state index contributed by atoms with van der Waals surface area (Å²) in [6.45, 7) is 8.64. The number of anilines is 1. The molecule has 4 aliphatic carbocycles. The van der Waals surface area contributed by atoms with Gasteiger partial charge in [-0.25, -0.2) is 4.79 Å². The Kier molecular flexibility index (Phi) is 19.3. The molecule has 0 unspecified atom stereocenters. The zero-order valence-electron chi connectivity index (χ0n) is 67.2. The molecule has 8 aliphatic heterocycles. The summed E-state index contributed by atoms with van der Waals surface area (Å²) < 4.78 is 6.73. The molecule has 1 N–H and O–H groups in total. The third-order valence-corrected chi connectivity index (χ3v) is 32.4. The summed E-state index contributed by atoms with van der Waals surface area (Å²) in [7, 11) is 0. The molecule has 118 heavy (non-hydrogen) atoms. The Hall–Kier alpha value is -9.30. The summed E-state index contributed by atoms with van der Waals surface area (Å²) in [5.41, 5.74) is 11.5. The van der Waals surface area contributed by atoms with E-state index < -0.39 is 10.8 Å². The number of piperidine rings is 4. The van der Waals surface area contributed by atoms with E-state index in [0.29, 0.717) is 141 Å². The van der Waals surface area contributed by atoms with E-state index >= 15 is 9.59 Å². The Morgan fingerprint density at radius 3 is 1.33 bits per heavy atom. The Labute approximate surface area is 703 Å². The number of hydrogen-bond acceptors (Lipinski definition) is 11. The van der Waals surface area contributed by atoms with Crippen molar-refractivity contribution in [2.45, 2.75) is 200 Å². The lowest BCUT2D eigenvalue weighted by atomic mass is 9.65. The Balaban J connectivity index is 0.585. The average Bonchev–Trinajstić information content (AvgIpc) is 1.55. The second-order valence-corrected chi connectivity index (χ2v) is 38.0. The van der Waals surface area contributed by atoms with Gasteiger partial charge in [0.2, 0.25) is 11.8 Å². The predicted molar refractivity (Wildman–Crippen MR) is 464 cm³/mol. The molecule has 11 heterocycles. The number of carbonyl (C=O) groups excluding carboxylic acids is 3. The highest BCUT2D eigenvalue weighted by molar-refractivity contribution is 6.37. The van der Waals surface area contributed by atoms with Crippen molar-refractivity contribution in [1.82, 2.24) is 53.6 Å². The summed E-state index contributed by atoms with van der Waals surface area (Å²) in [6.07, 6.45) is 32.5. The van der Waals surface area contributed by atoms with Crippen LogP contribution < -0.4 is 26.9 Å². The van der Waals surface area contributed by atoms with Crippen LogP contribution in [0.25, 0.3) is 49.8 Å². The molecular formula is C97H101Cl3N12O6. The molecule has 0 atom stereocenters. The van der Waals surface area contributed by atoms with Crippen molar-refractivity contribution in [3.05, 3.63) is 200 Å². The molecule has 21 heteroatoms. The van der Waals surface area contributed by atoms with Crippen molar-refractivity contribution in [3.63, 3.8) is 0 Å². The maximum absolute atomic E-state index is 15.5. The molecule has 4 amide bonds. The minimum atomic E-state index is -0.642. The maximum atomic E-state index is 15.5. The highest BCUT2D eigenvalue weighted by Crippen LogP contribution is 2.60. The number of piperazine rings is 1. The van der Waals surface area contributed by atoms with Gasteiger partial charge < -0.3 is 29.8 Å². The lowest BCUT2D eigenvalue weighted by Gasteiger charge is -2.39. The number of urea groups is 1. The van der Waals surface area contributed by atoms with E-state index in [4.69, 9.17) is 62.6 Å². The van der Waals surface area contributed by atoms with E-state index in [1.54, 1.807) is 6.07 Å². The van der Waals surface area contributed by atoms with E-state index in [0.717, 1.165) is 208 Å². The smallest absolute Gasteiger partial charge is 0.319 e. The van der Waals surface area contributed by atoms with Crippen molar-refractivity contribution in [2.75, 3.05) is 83.4 Å². The molecule has 4 saturated carbocycles. The molecule has 3 spiro atoms. The van der Waals surface area contributed by atoms with E-state index in [-0.39, 0.29) is 87.3 Å². The maximum Gasteiger partial charge on any atom is 0.319 e. The first-order valence-corrected chi connectivity index (χ1v) is 45.3. The van der Waals surface area contributed by atoms with Crippen molar-refractivity contribution >= 4 is 91.0 Å². The van der Waals surface area contributed by atoms with Crippen LogP contribution in [-0.2, 0) is 25.8 Å². The number of hydrogen-bond donors (Lipinski definition) is 1. The molecule has 606 valence electrons. The molecule has 0 radical (unpaired) electrons. The third kappa shape index (κ3) is 12.1. The lowest BCUT2D eigenvalue weighted by Crippen LogP contribution is -2.50. The van der Waals surface area contributed by atoms with Gasteiger partial charge >= 0.3 is 6.03 Å². The van der Waals surface area contributed by atoms with Crippen molar-refractivity contribution in [2.24, 2.45) is 23.7 Å². The van der Waals surface area contributed by atoms with E-state index in [9.17, 15) is 19.2 Å². The summed E-state index contributed by atoms with van der Waals surface area (Å²) in [4.78, 5) is 113. The zero-order chi connectivity index (χ0) is 80.2. The largest absolute Gasteiger partial charge is 0.368 e. The molecule has 9 fully saturated rings. The molecule has 3 aromatic heterocycles. The number of terminal acetylenes is 2. The Bertz CT molecular complexity index is 5930. The van der Waals surface area contributed by atoms with Crippen LogP contribution in [0.15, 0.2) is 111 Å². The number of amides is 4. The number of nitrogens with one attached hydrogen (secondary N) is 1. The minimum Gasteiger partial charge on any atom is -0.368 e. The van der Waals surface area contributed by atoms with Crippen LogP contribution in [0.2, 0.25) is 15.1 Å². The van der Waals surface area contributed by atoms with Crippen LogP contribution in [0, 0.1) is 48.4 Å². The molecule has 21 rings (SSSR count). The number of halogens is 3. The Morgan fingerprint density at radius 2 is 0.831 bits per heavy atom. The lowest BCUT2D eigenvalue weighted by molar-refractivity contribution is -0.138. The number of nitrogens with zero attached hydrogens (tertiary/aromatic N) is 11. The third-order valence-electron chi connectivity index (χ3n) is 31.2. The second-order valence-electron chi connectivity index (χ2n) is 36.8. The first kappa shape index (κ1) is 76.1. The standard InChI is InChI=1S/C97H101Cl3N12O6/c1-3-58-11-13-64(14-12-58)89(116)107-53-51-105(52-54-107)68-17-22-73-80(57-68)110-75-10-8-9-74(98)81(75)86(113)102-92(110)97(73)41-27-63(28-42-97)70-19-24-77-83(85(70)100)88(115)104-93-96(72-21-16-66(56-79(72)112(77)93)60-33-47-106(48-34-60)90(117)65-29-43-101-44-30-65)39-25-62(26-40-96)69-18-23-76-82(84(69)99)87(114)103-91-95(37-6-5-7-38-95)71-20-15-67(55-78(71)111(76)91)61-35-49-109(50-36-61)94(118)108-45-31-59(4-2)32-46-108/h1-2,8-10,15-24,55-65,101H,5-7,11-14,25-54H2/t58-,62?,63?,64-,96?,97?. The van der Waals surface area contributed by atoms with Gasteiger partial charge in [-0.1, -0.05) is 103 Å². The molecule has 6 aromatic carbocycles. The minimum absolute atomic E-state index is 0.0103. The van der Waals surface area contributed by atoms with Crippen LogP contribution >= 0.6 is 34.8 Å². The van der Waals surface area contributed by atoms with Crippen molar-refractivity contribution in [1.29, 1.82) is 0 Å². The topological polar surface area (TPSA) is 184 Å². The van der Waals surface area contributed by atoms with E-state index in [1.807, 2.05) is 26.8 Å². The van der Waals surface area contributed by atoms with Gasteiger partial charge in [0.1, 0.15) is 17.5 Å². The fourth-order valence-corrected chi connectivity index (χ4v) is 25.7. The monoisotopic (exact) mass is 1630 g/mol. The number of benzene rings is 6. The van der Waals surface area contributed by atoms with Crippen LogP contribution in [0.5, 0.6) is 0 Å². The Morgan fingerprint density at radius 1 is 0.407 bits per heavy atom. The number of rotatable bonds is 7. The van der Waals surface area contributed by atoms with Gasteiger partial charge in [0.05, 0.1) is 81.1 Å². The van der Waals surface area contributed by atoms with Crippen LogP contribution in [-0.4, -0.2) is 145 Å². The van der Waals surface area contributed by atoms with Crippen LogP contribution in [0.4, 0.5) is 10.5 Å². The first-order valence-electron chi connectivity index (χ1n) is 44.2. The predicted octanol–water partition coefficient (Wildman–Crippen LogP) is 16.7. The quantitative estimate of drug-likeness (QED) is 0.150. The highest BCUT2D eigenvalue weighted by atomic mass is 35.5. The fraction of sp³-hybridized carbons (Fsp3) is 0.495. The van der Waals surface area contributed by atoms with E-state index in [2.05, 4.69) is 120 Å². The highest BCUT2D eigenvalue weighted by Gasteiger charge is 2.53. The zero-order valence-corrected chi connectivity index (χ0v) is 69.4. The summed E-state index contributed by atoms with van der Waals surface area (Å²) >= 11 is 22.6. The SMILES string of the molecule is C#CC1CCN(C(=O)N2CCC(c3ccc4c(c3)-n3c(nc(=O)c5c(Cl)c(C6CCC7(CC6)c6ccc(C8CCN(C(=O)C9CCNCC9)CC8)cc6-n6c7nc(=O)c7c(Cl)c(C8CCC9(CC8)c8ccc(N%10CCN(C(=O)[C@H]%11CC[C@H](C#C)CC%11)CC%10)cc8-n8c9nc(=O)c9c(Cl)cccc98)ccc76)ccc53)C43CCCCC3)CC2)CC1. The van der Waals surface area contributed by atoms with Gasteiger partial charge in [-0.2, -0.15) is 15.0 Å². The number of fused-ring (bicyclic) bond motifs is 21. The second kappa shape index (κ2) is 29.8. The van der Waals surface area contributed by atoms with Crippen molar-refractivity contribution in [3.8, 4) is 41.7 Å². The van der Waals surface area contributed by atoms with Crippen LogP contribution in [0.3, 0.4) is 0 Å². The van der Waals surface area contributed by atoms with Gasteiger partial charge in [0, 0.05) is 94.8 Å². The van der Waals surface area contributed by atoms with Gasteiger partial charge in [-0.05, 0) is 265 Å². The summed E-state index contributed by atoms with van der Waals surface area (Å²) in [5, 5.41) is 5.90. The van der Waals surface area contributed by atoms with Crippen molar-refractivity contribution < 1.29 is 14.4 Å². The molecule has 9 aromatic rings. The average molecular weight is 1640 g/mol. The first-order chi connectivity index (χ1) is 57.5. The number of likely N-dealkylation sites (tertiary alicyclic amines) is 3. The normalized spacial score (nSPS) is 25.2. The molecule has 18 nitrogen and oxygen atoms in total. The number of carbonyl (C=O) groups is 3. The summed E-state index contributed by atoms with van der Waals surface area (Å²) in [6, 6.07) is 35.0. The number of aromatic nitrogens is 6. The fourth-order valence-electron chi connectivity index (χ4n) is 24.6. The van der Waals surface area contributed by atoms with Crippen LogP contribution in [0.1, 0.15) is 241 Å².